The average molecular weight is 231 g/mol. The molecule has 0 amide bonds. The molecule has 0 aliphatic carbocycles. The van der Waals surface area contributed by atoms with E-state index in [0.717, 1.165) is 12.1 Å². The summed E-state index contributed by atoms with van der Waals surface area (Å²) in [5.41, 5.74) is -0.157. The van der Waals surface area contributed by atoms with E-state index in [4.69, 9.17) is 5.21 Å². The Hall–Kier alpha value is -1.52. The third kappa shape index (κ3) is 2.98. The number of nitrogens with zero attached hydrogens (tertiary/aromatic N) is 1. The summed E-state index contributed by atoms with van der Waals surface area (Å²) in [6.45, 7) is 1.86. The minimum absolute atomic E-state index is 0.272. The SMILES string of the molecule is CCCC(=NO)c1cccc(C(F)(F)F)c1. The van der Waals surface area contributed by atoms with Crippen molar-refractivity contribution in [1.29, 1.82) is 0 Å². The fourth-order valence-corrected chi connectivity index (χ4v) is 1.36. The van der Waals surface area contributed by atoms with E-state index in [-0.39, 0.29) is 5.71 Å². The predicted octanol–water partition coefficient (Wildman–Crippen LogP) is 3.68. The Kier molecular flexibility index (Phi) is 3.93. The van der Waals surface area contributed by atoms with Crippen molar-refractivity contribution < 1.29 is 18.4 Å². The highest BCUT2D eigenvalue weighted by atomic mass is 19.4. The summed E-state index contributed by atoms with van der Waals surface area (Å²) in [7, 11) is 0. The highest BCUT2D eigenvalue weighted by molar-refractivity contribution is 6.00. The van der Waals surface area contributed by atoms with Crippen LogP contribution in [0, 0.1) is 0 Å². The van der Waals surface area contributed by atoms with Crippen LogP contribution in [-0.4, -0.2) is 10.9 Å². The number of alkyl halides is 3. The van der Waals surface area contributed by atoms with Gasteiger partial charge in [0.05, 0.1) is 11.3 Å². The van der Waals surface area contributed by atoms with Gasteiger partial charge in [-0.2, -0.15) is 13.2 Å². The second-order valence-corrected chi connectivity index (χ2v) is 3.38. The predicted molar refractivity (Wildman–Crippen MR) is 54.7 cm³/mol. The van der Waals surface area contributed by atoms with E-state index < -0.39 is 11.7 Å². The van der Waals surface area contributed by atoms with E-state index in [0.29, 0.717) is 18.4 Å². The van der Waals surface area contributed by atoms with Crippen molar-refractivity contribution in [2.24, 2.45) is 5.16 Å². The van der Waals surface area contributed by atoms with Gasteiger partial charge in [0.25, 0.3) is 0 Å². The first-order chi connectivity index (χ1) is 7.49. The van der Waals surface area contributed by atoms with Crippen molar-refractivity contribution in [2.75, 3.05) is 0 Å². The smallest absolute Gasteiger partial charge is 0.411 e. The van der Waals surface area contributed by atoms with Crippen LogP contribution in [0.1, 0.15) is 30.9 Å². The number of hydrogen-bond donors (Lipinski definition) is 1. The quantitative estimate of drug-likeness (QED) is 0.480. The van der Waals surface area contributed by atoms with Crippen molar-refractivity contribution in [1.82, 2.24) is 0 Å². The van der Waals surface area contributed by atoms with Crippen LogP contribution >= 0.6 is 0 Å². The minimum atomic E-state index is -4.37. The molecule has 1 rings (SSSR count). The Morgan fingerprint density at radius 2 is 2.06 bits per heavy atom. The number of hydrogen-bond acceptors (Lipinski definition) is 2. The topological polar surface area (TPSA) is 32.6 Å². The lowest BCUT2D eigenvalue weighted by molar-refractivity contribution is -0.137. The summed E-state index contributed by atoms with van der Waals surface area (Å²) in [4.78, 5) is 0. The van der Waals surface area contributed by atoms with Gasteiger partial charge in [0.15, 0.2) is 0 Å². The van der Waals surface area contributed by atoms with E-state index in [2.05, 4.69) is 5.16 Å². The summed E-state index contributed by atoms with van der Waals surface area (Å²) in [6.07, 6.45) is -3.23. The van der Waals surface area contributed by atoms with Gasteiger partial charge in [-0.3, -0.25) is 0 Å². The van der Waals surface area contributed by atoms with E-state index in [9.17, 15) is 13.2 Å². The third-order valence-corrected chi connectivity index (χ3v) is 2.13. The molecule has 0 unspecified atom stereocenters. The van der Waals surface area contributed by atoms with Gasteiger partial charge in [-0.05, 0) is 24.1 Å². The van der Waals surface area contributed by atoms with Crippen LogP contribution in [0.3, 0.4) is 0 Å². The van der Waals surface area contributed by atoms with E-state index in [1.807, 2.05) is 6.92 Å². The molecule has 0 spiro atoms. The van der Waals surface area contributed by atoms with Crippen LogP contribution < -0.4 is 0 Å². The van der Waals surface area contributed by atoms with Gasteiger partial charge in [0, 0.05) is 0 Å². The first-order valence-electron chi connectivity index (χ1n) is 4.87. The molecule has 1 aromatic rings. The molecule has 88 valence electrons. The molecular formula is C11H12F3NO. The van der Waals surface area contributed by atoms with Crippen molar-refractivity contribution in [3.8, 4) is 0 Å². The number of rotatable bonds is 3. The Labute approximate surface area is 91.4 Å². The molecule has 0 bridgehead atoms. The van der Waals surface area contributed by atoms with Gasteiger partial charge in [0.1, 0.15) is 0 Å². The van der Waals surface area contributed by atoms with Crippen molar-refractivity contribution in [3.63, 3.8) is 0 Å². The zero-order chi connectivity index (χ0) is 12.2. The zero-order valence-corrected chi connectivity index (χ0v) is 8.75. The molecule has 0 fully saturated rings. The van der Waals surface area contributed by atoms with E-state index in [1.165, 1.54) is 12.1 Å². The monoisotopic (exact) mass is 231 g/mol. The first-order valence-corrected chi connectivity index (χ1v) is 4.87. The molecule has 0 saturated heterocycles. The summed E-state index contributed by atoms with van der Waals surface area (Å²) < 4.78 is 37.3. The lowest BCUT2D eigenvalue weighted by Gasteiger charge is -2.09. The molecule has 0 aromatic heterocycles. The number of oxime groups is 1. The normalized spacial score (nSPS) is 12.9. The van der Waals surface area contributed by atoms with Crippen molar-refractivity contribution >= 4 is 5.71 Å². The molecule has 2 nitrogen and oxygen atoms in total. The van der Waals surface area contributed by atoms with Crippen molar-refractivity contribution in [3.05, 3.63) is 35.4 Å². The summed E-state index contributed by atoms with van der Waals surface area (Å²) in [5.74, 6) is 0. The largest absolute Gasteiger partial charge is 0.416 e. The Morgan fingerprint density at radius 1 is 1.38 bits per heavy atom. The van der Waals surface area contributed by atoms with Crippen LogP contribution in [0.4, 0.5) is 13.2 Å². The van der Waals surface area contributed by atoms with Gasteiger partial charge >= 0.3 is 6.18 Å². The second kappa shape index (κ2) is 5.01. The minimum Gasteiger partial charge on any atom is -0.411 e. The van der Waals surface area contributed by atoms with Crippen LogP contribution in [0.15, 0.2) is 29.4 Å². The molecule has 0 radical (unpaired) electrons. The summed E-state index contributed by atoms with van der Waals surface area (Å²) in [5, 5.41) is 11.7. The average Bonchev–Trinajstić information content (AvgIpc) is 2.25. The Bertz CT molecular complexity index is 385. The van der Waals surface area contributed by atoms with E-state index in [1.54, 1.807) is 0 Å². The molecule has 0 atom stereocenters. The fraction of sp³-hybridized carbons (Fsp3) is 0.364. The maximum Gasteiger partial charge on any atom is 0.416 e. The molecule has 0 heterocycles. The lowest BCUT2D eigenvalue weighted by Crippen LogP contribution is -2.08. The fourth-order valence-electron chi connectivity index (χ4n) is 1.36. The highest BCUT2D eigenvalue weighted by Crippen LogP contribution is 2.29. The van der Waals surface area contributed by atoms with Crippen LogP contribution in [0.5, 0.6) is 0 Å². The third-order valence-electron chi connectivity index (χ3n) is 2.13. The lowest BCUT2D eigenvalue weighted by atomic mass is 10.0. The summed E-state index contributed by atoms with van der Waals surface area (Å²) in [6, 6.07) is 4.79. The van der Waals surface area contributed by atoms with Gasteiger partial charge in [-0.25, -0.2) is 0 Å². The van der Waals surface area contributed by atoms with Crippen LogP contribution in [0.2, 0.25) is 0 Å². The molecule has 1 N–H and O–H groups in total. The molecule has 5 heteroatoms. The highest BCUT2D eigenvalue weighted by Gasteiger charge is 2.30. The number of benzene rings is 1. The maximum atomic E-state index is 12.4. The molecule has 0 saturated carbocycles. The van der Waals surface area contributed by atoms with Gasteiger partial charge in [0.2, 0.25) is 0 Å². The van der Waals surface area contributed by atoms with Gasteiger partial charge < -0.3 is 5.21 Å². The molecule has 16 heavy (non-hydrogen) atoms. The molecular weight excluding hydrogens is 219 g/mol. The van der Waals surface area contributed by atoms with Crippen LogP contribution in [-0.2, 0) is 6.18 Å². The Balaban J connectivity index is 3.07. The zero-order valence-electron chi connectivity index (χ0n) is 8.75. The Morgan fingerprint density at radius 3 is 2.56 bits per heavy atom. The van der Waals surface area contributed by atoms with Gasteiger partial charge in [-0.1, -0.05) is 30.6 Å². The summed E-state index contributed by atoms with van der Waals surface area (Å²) >= 11 is 0. The molecule has 1 aromatic carbocycles. The van der Waals surface area contributed by atoms with Gasteiger partial charge in [-0.15, -0.1) is 0 Å². The molecule has 0 aliphatic rings. The maximum absolute atomic E-state index is 12.4. The van der Waals surface area contributed by atoms with E-state index >= 15 is 0 Å². The standard InChI is InChI=1S/C11H12F3NO/c1-2-4-10(15-16)8-5-3-6-9(7-8)11(12,13)14/h3,5-7,16H,2,4H2,1H3. The first kappa shape index (κ1) is 12.5. The van der Waals surface area contributed by atoms with Crippen molar-refractivity contribution in [2.45, 2.75) is 25.9 Å². The second-order valence-electron chi connectivity index (χ2n) is 3.38. The number of halogens is 3. The van der Waals surface area contributed by atoms with Crippen LogP contribution in [0.25, 0.3) is 0 Å². The molecule has 0 aliphatic heterocycles.